The van der Waals surface area contributed by atoms with Gasteiger partial charge in [-0.1, -0.05) is 72.0 Å². The van der Waals surface area contributed by atoms with Gasteiger partial charge in [-0.2, -0.15) is 0 Å². The molecule has 3 aromatic carbocycles. The van der Waals surface area contributed by atoms with Crippen LogP contribution in [0.25, 0.3) is 5.76 Å². The van der Waals surface area contributed by atoms with E-state index in [0.717, 1.165) is 23.3 Å². The van der Waals surface area contributed by atoms with Gasteiger partial charge in [0.1, 0.15) is 23.4 Å². The molecule has 2 atom stereocenters. The highest BCUT2D eigenvalue weighted by atomic mass is 35.5. The van der Waals surface area contributed by atoms with Crippen molar-refractivity contribution in [1.29, 1.82) is 0 Å². The molecule has 0 radical (unpaired) electrons. The lowest BCUT2D eigenvalue weighted by Crippen LogP contribution is -2.29. The Bertz CT molecular complexity index is 1740. The van der Waals surface area contributed by atoms with Crippen LogP contribution in [0, 0.1) is 0 Å². The minimum atomic E-state index is -0.942. The normalized spacial score (nSPS) is 19.0. The van der Waals surface area contributed by atoms with Gasteiger partial charge in [0.2, 0.25) is 5.13 Å². The molecule has 8 nitrogen and oxygen atoms in total. The number of thioether (sulfide) groups is 1. The molecule has 1 aromatic heterocycles. The number of amides is 1. The second kappa shape index (κ2) is 12.4. The lowest BCUT2D eigenvalue weighted by atomic mass is 9.94. The van der Waals surface area contributed by atoms with Gasteiger partial charge in [0.25, 0.3) is 5.78 Å². The SMILES string of the molecule is CCCOc1cccc([C@@H]2/C(=C(\O)c3ccc4c(c3)C[C@H](C)O4)C(=O)C(=O)N2c2nnc(SCc3ccccc3Cl)s2)c1. The van der Waals surface area contributed by atoms with Crippen LogP contribution in [-0.2, 0) is 21.8 Å². The molecule has 4 aromatic rings. The van der Waals surface area contributed by atoms with Gasteiger partial charge in [0.05, 0.1) is 18.2 Å². The summed E-state index contributed by atoms with van der Waals surface area (Å²) in [5.41, 5.74) is 2.90. The van der Waals surface area contributed by atoms with Crippen LogP contribution in [0.2, 0.25) is 5.02 Å². The summed E-state index contributed by atoms with van der Waals surface area (Å²) in [6, 6.07) is 19.1. The molecule has 0 saturated carbocycles. The van der Waals surface area contributed by atoms with E-state index in [1.54, 1.807) is 24.3 Å². The van der Waals surface area contributed by atoms with Crippen LogP contribution in [0.1, 0.15) is 48.6 Å². The Hall–Kier alpha value is -3.86. The Morgan fingerprint density at radius 1 is 1.14 bits per heavy atom. The van der Waals surface area contributed by atoms with Crippen molar-refractivity contribution >= 4 is 57.3 Å². The van der Waals surface area contributed by atoms with Crippen molar-refractivity contribution in [3.63, 3.8) is 0 Å². The summed E-state index contributed by atoms with van der Waals surface area (Å²) in [5.74, 6) is 0.0650. The maximum atomic E-state index is 13.7. The minimum absolute atomic E-state index is 0.0196. The van der Waals surface area contributed by atoms with Gasteiger partial charge < -0.3 is 14.6 Å². The maximum absolute atomic E-state index is 13.7. The molecule has 1 amide bonds. The Morgan fingerprint density at radius 3 is 2.79 bits per heavy atom. The quantitative estimate of drug-likeness (QED) is 0.0678. The summed E-state index contributed by atoms with van der Waals surface area (Å²) in [5, 5.41) is 21.1. The summed E-state index contributed by atoms with van der Waals surface area (Å²) in [6.45, 7) is 4.50. The molecule has 1 fully saturated rings. The van der Waals surface area contributed by atoms with Crippen LogP contribution in [-0.4, -0.2) is 39.7 Å². The molecule has 2 aliphatic rings. The van der Waals surface area contributed by atoms with Crippen molar-refractivity contribution < 1.29 is 24.2 Å². The third-order valence-electron chi connectivity index (χ3n) is 7.17. The number of fused-ring (bicyclic) bond motifs is 1. The van der Waals surface area contributed by atoms with Crippen molar-refractivity contribution in [2.45, 2.75) is 48.9 Å². The van der Waals surface area contributed by atoms with Gasteiger partial charge in [-0.3, -0.25) is 14.5 Å². The van der Waals surface area contributed by atoms with Crippen molar-refractivity contribution in [1.82, 2.24) is 10.2 Å². The summed E-state index contributed by atoms with van der Waals surface area (Å²) >= 11 is 8.96. The second-order valence-electron chi connectivity index (χ2n) is 10.3. The molecule has 220 valence electrons. The number of carbonyl (C=O) groups is 2. The van der Waals surface area contributed by atoms with Crippen molar-refractivity contribution in [3.05, 3.63) is 99.6 Å². The number of aliphatic hydroxyl groups is 1. The second-order valence-corrected chi connectivity index (χ2v) is 12.9. The Kier molecular flexibility index (Phi) is 8.43. The first-order valence-electron chi connectivity index (χ1n) is 13.9. The van der Waals surface area contributed by atoms with Crippen molar-refractivity contribution in [3.8, 4) is 11.5 Å². The highest BCUT2D eigenvalue weighted by Gasteiger charge is 2.48. The van der Waals surface area contributed by atoms with Crippen LogP contribution in [0.5, 0.6) is 11.5 Å². The number of ketones is 1. The molecule has 0 spiro atoms. The number of carbonyl (C=O) groups excluding carboxylic acids is 2. The van der Waals surface area contributed by atoms with Crippen molar-refractivity contribution in [2.24, 2.45) is 0 Å². The summed E-state index contributed by atoms with van der Waals surface area (Å²) in [6.07, 6.45) is 1.53. The van der Waals surface area contributed by atoms with Gasteiger partial charge in [0, 0.05) is 22.8 Å². The largest absolute Gasteiger partial charge is 0.507 e. The lowest BCUT2D eigenvalue weighted by Gasteiger charge is -2.23. The van der Waals surface area contributed by atoms with E-state index >= 15 is 0 Å². The number of ether oxygens (including phenoxy) is 2. The molecule has 0 bridgehead atoms. The highest BCUT2D eigenvalue weighted by molar-refractivity contribution is 8.00. The summed E-state index contributed by atoms with van der Waals surface area (Å²) in [7, 11) is 0. The van der Waals surface area contributed by atoms with E-state index < -0.39 is 17.7 Å². The standard InChI is InChI=1S/C32H28ClN3O5S2/c1-3-13-40-23-9-6-8-19(16-23)27-26(28(37)20-11-12-25-22(15-20)14-18(2)41-25)29(38)30(39)36(27)31-34-35-32(43-31)42-17-21-7-4-5-10-24(21)33/h4-12,15-16,18,27,37H,3,13-14,17H2,1-2H3/b28-26+/t18-,27+/m0/s1. The number of hydrogen-bond acceptors (Lipinski definition) is 9. The zero-order valence-electron chi connectivity index (χ0n) is 23.5. The van der Waals surface area contributed by atoms with E-state index in [4.69, 9.17) is 21.1 Å². The fourth-order valence-electron chi connectivity index (χ4n) is 5.18. The molecule has 11 heteroatoms. The lowest BCUT2D eigenvalue weighted by molar-refractivity contribution is -0.132. The monoisotopic (exact) mass is 633 g/mol. The molecule has 6 rings (SSSR count). The first-order chi connectivity index (χ1) is 20.8. The van der Waals surface area contributed by atoms with E-state index in [1.165, 1.54) is 28.0 Å². The smallest absolute Gasteiger partial charge is 0.301 e. The molecule has 2 aliphatic heterocycles. The molecule has 0 aliphatic carbocycles. The number of benzene rings is 3. The van der Waals surface area contributed by atoms with E-state index in [9.17, 15) is 14.7 Å². The number of anilines is 1. The topological polar surface area (TPSA) is 102 Å². The Morgan fingerprint density at radius 2 is 1.98 bits per heavy atom. The van der Waals surface area contributed by atoms with Crippen LogP contribution >= 0.6 is 34.7 Å². The number of nitrogens with zero attached hydrogens (tertiary/aromatic N) is 3. The van der Waals surface area contributed by atoms with Crippen LogP contribution in [0.3, 0.4) is 0 Å². The molecule has 0 unspecified atom stereocenters. The Balaban J connectivity index is 1.40. The van der Waals surface area contributed by atoms with Crippen molar-refractivity contribution in [2.75, 3.05) is 11.5 Å². The van der Waals surface area contributed by atoms with Crippen LogP contribution in [0.4, 0.5) is 5.13 Å². The van der Waals surface area contributed by atoms with E-state index in [1.807, 2.05) is 56.3 Å². The number of aliphatic hydroxyl groups excluding tert-OH is 1. The van der Waals surface area contributed by atoms with Gasteiger partial charge in [0.15, 0.2) is 4.34 Å². The average molecular weight is 634 g/mol. The van der Waals surface area contributed by atoms with Gasteiger partial charge in [-0.25, -0.2) is 0 Å². The number of hydrogen-bond donors (Lipinski definition) is 1. The third-order valence-corrected chi connectivity index (χ3v) is 9.64. The molecular weight excluding hydrogens is 606 g/mol. The zero-order valence-corrected chi connectivity index (χ0v) is 25.8. The molecule has 3 heterocycles. The summed E-state index contributed by atoms with van der Waals surface area (Å²) < 4.78 is 12.3. The molecule has 1 saturated heterocycles. The Labute approximate surface area is 262 Å². The van der Waals surface area contributed by atoms with Crippen LogP contribution in [0.15, 0.2) is 76.6 Å². The van der Waals surface area contributed by atoms with E-state index in [-0.39, 0.29) is 22.6 Å². The zero-order chi connectivity index (χ0) is 30.1. The van der Waals surface area contributed by atoms with Gasteiger partial charge in [-0.15, -0.1) is 10.2 Å². The number of rotatable bonds is 9. The summed E-state index contributed by atoms with van der Waals surface area (Å²) in [4.78, 5) is 28.6. The number of Topliss-reactive ketones (excluding diaryl/α,β-unsaturated/α-hetero) is 1. The van der Waals surface area contributed by atoms with Gasteiger partial charge >= 0.3 is 5.91 Å². The fraction of sp³-hybridized carbons (Fsp3) is 0.250. The van der Waals surface area contributed by atoms with Crippen LogP contribution < -0.4 is 14.4 Å². The minimum Gasteiger partial charge on any atom is -0.507 e. The van der Waals surface area contributed by atoms with Gasteiger partial charge in [-0.05, 0) is 66.4 Å². The molecule has 43 heavy (non-hydrogen) atoms. The first-order valence-corrected chi connectivity index (χ1v) is 16.1. The third kappa shape index (κ3) is 5.87. The van der Waals surface area contributed by atoms with E-state index in [2.05, 4.69) is 10.2 Å². The first kappa shape index (κ1) is 29.2. The number of halogens is 1. The predicted molar refractivity (Wildman–Crippen MR) is 168 cm³/mol. The molecule has 1 N–H and O–H groups in total. The number of aromatic nitrogens is 2. The maximum Gasteiger partial charge on any atom is 0.301 e. The molecular formula is C32H28ClN3O5S2. The fourth-order valence-corrected chi connectivity index (χ4v) is 7.33. The highest BCUT2D eigenvalue weighted by Crippen LogP contribution is 2.45. The predicted octanol–water partition coefficient (Wildman–Crippen LogP) is 7.22. The van der Waals surface area contributed by atoms with E-state index in [0.29, 0.717) is 45.0 Å². The average Bonchev–Trinajstić information content (AvgIpc) is 3.70.